The van der Waals surface area contributed by atoms with Crippen LogP contribution < -0.4 is 4.72 Å². The van der Waals surface area contributed by atoms with Crippen LogP contribution in [0.3, 0.4) is 0 Å². The Morgan fingerprint density at radius 2 is 2.27 bits per heavy atom. The molecule has 0 spiro atoms. The van der Waals surface area contributed by atoms with Gasteiger partial charge in [0.25, 0.3) is 5.91 Å². The van der Waals surface area contributed by atoms with Crippen molar-refractivity contribution in [3.63, 3.8) is 0 Å². The zero-order valence-electron chi connectivity index (χ0n) is 8.56. The van der Waals surface area contributed by atoms with Gasteiger partial charge in [-0.05, 0) is 19.4 Å². The fraction of sp³-hybridized carbons (Fsp3) is 0.444. The molecule has 1 heterocycles. The molecule has 1 rings (SSSR count). The first-order chi connectivity index (χ1) is 6.97. The van der Waals surface area contributed by atoms with Crippen LogP contribution in [0.15, 0.2) is 23.0 Å². The highest BCUT2D eigenvalue weighted by Gasteiger charge is 2.22. The molecule has 1 aromatic heterocycles. The Morgan fingerprint density at radius 1 is 1.60 bits per heavy atom. The molecule has 1 amide bonds. The minimum Gasteiger partial charge on any atom is -0.472 e. The van der Waals surface area contributed by atoms with Crippen molar-refractivity contribution >= 4 is 15.9 Å². The summed E-state index contributed by atoms with van der Waals surface area (Å²) in [6, 6.07) is 1.40. The molecule has 0 saturated carbocycles. The van der Waals surface area contributed by atoms with Crippen LogP contribution in [0.4, 0.5) is 0 Å². The molecular weight excluding hydrogens is 218 g/mol. The predicted molar refractivity (Wildman–Crippen MR) is 54.8 cm³/mol. The van der Waals surface area contributed by atoms with Crippen LogP contribution in [0.1, 0.15) is 30.6 Å². The van der Waals surface area contributed by atoms with Gasteiger partial charge in [0.2, 0.25) is 10.0 Å². The molecule has 5 nitrogen and oxygen atoms in total. The number of hydrogen-bond acceptors (Lipinski definition) is 4. The van der Waals surface area contributed by atoms with E-state index in [0.717, 1.165) is 0 Å². The molecule has 1 atom stereocenters. The quantitative estimate of drug-likeness (QED) is 0.843. The summed E-state index contributed by atoms with van der Waals surface area (Å²) in [6.45, 7) is 3.29. The third-order valence-corrected chi connectivity index (χ3v) is 3.99. The second-order valence-corrected chi connectivity index (χ2v) is 5.31. The molecule has 0 radical (unpaired) electrons. The van der Waals surface area contributed by atoms with Crippen LogP contribution in [0.5, 0.6) is 0 Å². The Hall–Kier alpha value is -1.30. The van der Waals surface area contributed by atoms with Crippen molar-refractivity contribution in [1.82, 2.24) is 4.72 Å². The minimum atomic E-state index is -3.58. The summed E-state index contributed by atoms with van der Waals surface area (Å²) in [6.07, 6.45) is 2.96. The fourth-order valence-corrected chi connectivity index (χ4v) is 1.92. The molecule has 0 aliphatic rings. The molecule has 15 heavy (non-hydrogen) atoms. The summed E-state index contributed by atoms with van der Waals surface area (Å²) >= 11 is 0. The van der Waals surface area contributed by atoms with E-state index in [1.54, 1.807) is 13.8 Å². The number of nitrogens with one attached hydrogen (secondary N) is 1. The maximum atomic E-state index is 11.5. The smallest absolute Gasteiger partial charge is 0.267 e. The topological polar surface area (TPSA) is 76.4 Å². The van der Waals surface area contributed by atoms with Crippen LogP contribution >= 0.6 is 0 Å². The van der Waals surface area contributed by atoms with E-state index in [9.17, 15) is 13.2 Å². The molecule has 0 unspecified atom stereocenters. The highest BCUT2D eigenvalue weighted by molar-refractivity contribution is 7.90. The lowest BCUT2D eigenvalue weighted by molar-refractivity contribution is 0.0980. The van der Waals surface area contributed by atoms with Crippen molar-refractivity contribution in [3.05, 3.63) is 24.2 Å². The average Bonchev–Trinajstić information content (AvgIpc) is 2.68. The lowest BCUT2D eigenvalue weighted by atomic mass is 10.3. The molecule has 0 aliphatic carbocycles. The summed E-state index contributed by atoms with van der Waals surface area (Å²) in [5.74, 6) is -0.663. The first kappa shape index (κ1) is 11.8. The molecule has 1 N–H and O–H groups in total. The Bertz CT molecular complexity index is 421. The number of rotatable bonds is 4. The predicted octanol–water partition coefficient (Wildman–Crippen LogP) is 1.14. The molecule has 1 aromatic rings. The summed E-state index contributed by atoms with van der Waals surface area (Å²) in [7, 11) is -3.58. The van der Waals surface area contributed by atoms with Gasteiger partial charge in [-0.2, -0.15) is 0 Å². The molecule has 0 fully saturated rings. The van der Waals surface area contributed by atoms with E-state index in [0.29, 0.717) is 6.42 Å². The van der Waals surface area contributed by atoms with E-state index in [1.165, 1.54) is 18.6 Å². The zero-order valence-corrected chi connectivity index (χ0v) is 9.37. The van der Waals surface area contributed by atoms with E-state index in [1.807, 2.05) is 4.72 Å². The highest BCUT2D eigenvalue weighted by atomic mass is 32.2. The number of carbonyl (C=O) groups excluding carboxylic acids is 1. The molecule has 0 aliphatic heterocycles. The van der Waals surface area contributed by atoms with Gasteiger partial charge in [-0.1, -0.05) is 6.92 Å². The fourth-order valence-electron chi connectivity index (χ4n) is 0.902. The first-order valence-corrected chi connectivity index (χ1v) is 6.10. The van der Waals surface area contributed by atoms with E-state index in [2.05, 4.69) is 4.42 Å². The summed E-state index contributed by atoms with van der Waals surface area (Å²) < 4.78 is 29.7. The van der Waals surface area contributed by atoms with Gasteiger partial charge in [0, 0.05) is 0 Å². The van der Waals surface area contributed by atoms with Crippen LogP contribution in [0.25, 0.3) is 0 Å². The van der Waals surface area contributed by atoms with Gasteiger partial charge in [-0.25, -0.2) is 13.1 Å². The van der Waals surface area contributed by atoms with Crippen molar-refractivity contribution in [2.24, 2.45) is 0 Å². The number of sulfonamides is 1. The van der Waals surface area contributed by atoms with Crippen molar-refractivity contribution in [3.8, 4) is 0 Å². The molecule has 0 saturated heterocycles. The van der Waals surface area contributed by atoms with Crippen LogP contribution in [-0.4, -0.2) is 19.6 Å². The van der Waals surface area contributed by atoms with E-state index < -0.39 is 21.2 Å². The van der Waals surface area contributed by atoms with E-state index in [4.69, 9.17) is 0 Å². The maximum Gasteiger partial charge on any atom is 0.267 e. The Kier molecular flexibility index (Phi) is 3.52. The Balaban J connectivity index is 2.75. The normalized spacial score (nSPS) is 13.5. The average molecular weight is 231 g/mol. The van der Waals surface area contributed by atoms with Gasteiger partial charge in [-0.15, -0.1) is 0 Å². The van der Waals surface area contributed by atoms with Crippen molar-refractivity contribution in [2.75, 3.05) is 0 Å². The van der Waals surface area contributed by atoms with Gasteiger partial charge in [0.15, 0.2) is 0 Å². The standard InChI is InChI=1S/C9H13NO4S/c1-3-7(2)15(12,13)10-9(11)8-4-5-14-6-8/h4-7H,3H2,1-2H3,(H,10,11)/t7-/m0/s1. The zero-order chi connectivity index (χ0) is 11.5. The van der Waals surface area contributed by atoms with E-state index >= 15 is 0 Å². The molecule has 0 aromatic carbocycles. The SMILES string of the molecule is CC[C@H](C)S(=O)(=O)NC(=O)c1ccoc1. The second kappa shape index (κ2) is 4.48. The lowest BCUT2D eigenvalue weighted by Crippen LogP contribution is -2.36. The largest absolute Gasteiger partial charge is 0.472 e. The minimum absolute atomic E-state index is 0.196. The maximum absolute atomic E-state index is 11.5. The van der Waals surface area contributed by atoms with Crippen LogP contribution in [0, 0.1) is 0 Å². The molecular formula is C9H13NO4S. The Labute approximate surface area is 88.5 Å². The summed E-state index contributed by atoms with van der Waals surface area (Å²) in [4.78, 5) is 11.4. The number of furan rings is 1. The van der Waals surface area contributed by atoms with Crippen molar-refractivity contribution in [2.45, 2.75) is 25.5 Å². The van der Waals surface area contributed by atoms with Crippen LogP contribution in [-0.2, 0) is 10.0 Å². The summed E-state index contributed by atoms with van der Waals surface area (Å²) in [5, 5.41) is -0.589. The monoisotopic (exact) mass is 231 g/mol. The van der Waals surface area contributed by atoms with Gasteiger partial charge in [-0.3, -0.25) is 4.79 Å². The molecule has 0 bridgehead atoms. The lowest BCUT2D eigenvalue weighted by Gasteiger charge is -2.10. The number of hydrogen-bond donors (Lipinski definition) is 1. The molecule has 84 valence electrons. The van der Waals surface area contributed by atoms with Gasteiger partial charge in [0.05, 0.1) is 17.1 Å². The van der Waals surface area contributed by atoms with Gasteiger partial charge < -0.3 is 4.42 Å². The van der Waals surface area contributed by atoms with Gasteiger partial charge in [0.1, 0.15) is 6.26 Å². The number of amides is 1. The van der Waals surface area contributed by atoms with Gasteiger partial charge >= 0.3 is 0 Å². The summed E-state index contributed by atoms with van der Waals surface area (Å²) in [5.41, 5.74) is 0.196. The third-order valence-electron chi connectivity index (χ3n) is 2.12. The van der Waals surface area contributed by atoms with Crippen molar-refractivity contribution in [1.29, 1.82) is 0 Å². The van der Waals surface area contributed by atoms with Crippen LogP contribution in [0.2, 0.25) is 0 Å². The van der Waals surface area contributed by atoms with E-state index in [-0.39, 0.29) is 5.56 Å². The highest BCUT2D eigenvalue weighted by Crippen LogP contribution is 2.05. The molecule has 6 heteroatoms. The third kappa shape index (κ3) is 2.82. The second-order valence-electron chi connectivity index (χ2n) is 3.21. The first-order valence-electron chi connectivity index (χ1n) is 4.55. The Morgan fingerprint density at radius 3 is 2.73 bits per heavy atom. The number of carbonyl (C=O) groups is 1. The van der Waals surface area contributed by atoms with Crippen molar-refractivity contribution < 1.29 is 17.6 Å².